The molecule has 0 radical (unpaired) electrons. The number of aryl methyl sites for hydroxylation is 1. The van der Waals surface area contributed by atoms with E-state index in [-0.39, 0.29) is 29.6 Å². The molecule has 0 unspecified atom stereocenters. The molecule has 0 aliphatic heterocycles. The van der Waals surface area contributed by atoms with Crippen LogP contribution in [0.25, 0.3) is 10.8 Å². The Hall–Kier alpha value is -0.830. The van der Waals surface area contributed by atoms with Crippen molar-refractivity contribution in [3.05, 3.63) is 48.0 Å². The predicted octanol–water partition coefficient (Wildman–Crippen LogP) is 3.77. The Morgan fingerprint density at radius 3 is 2.40 bits per heavy atom. The van der Waals surface area contributed by atoms with Gasteiger partial charge in [-0.3, -0.25) is 4.79 Å². The van der Waals surface area contributed by atoms with Crippen molar-refractivity contribution in [1.82, 2.24) is 0 Å². The molecular formula is C17H21NaO2. The molecule has 2 nitrogen and oxygen atoms in total. The van der Waals surface area contributed by atoms with Gasteiger partial charge in [0.25, 0.3) is 0 Å². The first-order valence-corrected chi connectivity index (χ1v) is 6.96. The van der Waals surface area contributed by atoms with Crippen molar-refractivity contribution in [2.24, 2.45) is 0 Å². The minimum atomic E-state index is -0.686. The molecule has 0 amide bonds. The van der Waals surface area contributed by atoms with E-state index in [2.05, 4.69) is 42.5 Å². The van der Waals surface area contributed by atoms with Crippen LogP contribution in [-0.4, -0.2) is 40.6 Å². The van der Waals surface area contributed by atoms with Gasteiger partial charge in [-0.2, -0.15) is 0 Å². The third kappa shape index (κ3) is 5.28. The van der Waals surface area contributed by atoms with E-state index in [4.69, 9.17) is 5.11 Å². The molecule has 0 spiro atoms. The zero-order valence-corrected chi connectivity index (χ0v) is 11.1. The molecule has 0 saturated carbocycles. The Morgan fingerprint density at radius 1 is 0.900 bits per heavy atom. The molecule has 0 heterocycles. The van der Waals surface area contributed by atoms with Crippen LogP contribution in [0.15, 0.2) is 42.5 Å². The minimum absolute atomic E-state index is 0. The van der Waals surface area contributed by atoms with E-state index in [1.807, 2.05) is 0 Å². The van der Waals surface area contributed by atoms with Crippen LogP contribution in [0.2, 0.25) is 0 Å². The summed E-state index contributed by atoms with van der Waals surface area (Å²) in [4.78, 5) is 10.4. The van der Waals surface area contributed by atoms with Crippen LogP contribution in [-0.2, 0) is 11.2 Å². The number of hydrogen-bond acceptors (Lipinski definition) is 1. The number of rotatable bonds is 7. The number of carboxylic acids is 1. The van der Waals surface area contributed by atoms with Gasteiger partial charge in [0.15, 0.2) is 0 Å². The van der Waals surface area contributed by atoms with Crippen LogP contribution in [0.4, 0.5) is 0 Å². The maximum atomic E-state index is 10.4. The SMILES string of the molecule is O=C(O)CCCCCCc1cccc2ccccc12.[NaH]. The van der Waals surface area contributed by atoms with Gasteiger partial charge in [-0.1, -0.05) is 55.3 Å². The first-order valence-electron chi connectivity index (χ1n) is 6.96. The monoisotopic (exact) mass is 280 g/mol. The number of carbonyl (C=O) groups is 1. The topological polar surface area (TPSA) is 37.3 Å². The third-order valence-electron chi connectivity index (χ3n) is 3.47. The summed E-state index contributed by atoms with van der Waals surface area (Å²) in [6.07, 6.45) is 5.43. The molecule has 2 rings (SSSR count). The summed E-state index contributed by atoms with van der Waals surface area (Å²) in [5.41, 5.74) is 1.40. The Bertz CT molecular complexity index is 546. The summed E-state index contributed by atoms with van der Waals surface area (Å²) in [6.45, 7) is 0. The number of carboxylic acid groups (broad SMARTS) is 1. The summed E-state index contributed by atoms with van der Waals surface area (Å²) in [5.74, 6) is -0.686. The molecule has 20 heavy (non-hydrogen) atoms. The van der Waals surface area contributed by atoms with Crippen molar-refractivity contribution in [2.75, 3.05) is 0 Å². The predicted molar refractivity (Wildman–Crippen MR) is 85.5 cm³/mol. The fourth-order valence-electron chi connectivity index (χ4n) is 2.46. The number of fused-ring (bicyclic) bond motifs is 1. The number of aliphatic carboxylic acids is 1. The molecule has 0 aliphatic carbocycles. The number of benzene rings is 2. The Balaban J connectivity index is 0.00000200. The van der Waals surface area contributed by atoms with Crippen molar-refractivity contribution >= 4 is 46.3 Å². The zero-order valence-electron chi connectivity index (χ0n) is 11.1. The molecule has 2 aromatic carbocycles. The van der Waals surface area contributed by atoms with E-state index >= 15 is 0 Å². The van der Waals surface area contributed by atoms with Gasteiger partial charge in [-0.25, -0.2) is 0 Å². The van der Waals surface area contributed by atoms with Gasteiger partial charge in [0.1, 0.15) is 0 Å². The molecule has 102 valence electrons. The Morgan fingerprint density at radius 2 is 1.60 bits per heavy atom. The van der Waals surface area contributed by atoms with E-state index < -0.39 is 5.97 Å². The van der Waals surface area contributed by atoms with E-state index in [1.165, 1.54) is 16.3 Å². The molecule has 0 fully saturated rings. The normalized spacial score (nSPS) is 10.2. The van der Waals surface area contributed by atoms with Crippen molar-refractivity contribution in [3.63, 3.8) is 0 Å². The molecule has 2 aromatic rings. The summed E-state index contributed by atoms with van der Waals surface area (Å²) in [6, 6.07) is 14.9. The zero-order chi connectivity index (χ0) is 13.5. The van der Waals surface area contributed by atoms with Crippen LogP contribution >= 0.6 is 0 Å². The molecular weight excluding hydrogens is 259 g/mol. The molecule has 0 bridgehead atoms. The van der Waals surface area contributed by atoms with Crippen molar-refractivity contribution in [2.45, 2.75) is 38.5 Å². The third-order valence-corrected chi connectivity index (χ3v) is 3.47. The first-order chi connectivity index (χ1) is 9.27. The van der Waals surface area contributed by atoms with Crippen molar-refractivity contribution in [1.29, 1.82) is 0 Å². The number of hydrogen-bond donors (Lipinski definition) is 1. The van der Waals surface area contributed by atoms with Crippen LogP contribution in [0, 0.1) is 0 Å². The van der Waals surface area contributed by atoms with Crippen LogP contribution in [0.3, 0.4) is 0 Å². The Kier molecular flexibility index (Phi) is 7.90. The van der Waals surface area contributed by atoms with E-state index in [0.717, 1.165) is 32.1 Å². The quantitative estimate of drug-likeness (QED) is 0.619. The second-order valence-electron chi connectivity index (χ2n) is 4.95. The van der Waals surface area contributed by atoms with Gasteiger partial charge in [-0.05, 0) is 35.6 Å². The van der Waals surface area contributed by atoms with Gasteiger partial charge in [0, 0.05) is 6.42 Å². The number of unbranched alkanes of at least 4 members (excludes halogenated alkanes) is 3. The Labute approximate surface area is 142 Å². The first kappa shape index (κ1) is 17.2. The van der Waals surface area contributed by atoms with E-state index in [9.17, 15) is 4.79 Å². The van der Waals surface area contributed by atoms with E-state index in [1.54, 1.807) is 0 Å². The fourth-order valence-corrected chi connectivity index (χ4v) is 2.46. The molecule has 0 aliphatic rings. The summed E-state index contributed by atoms with van der Waals surface area (Å²) < 4.78 is 0. The molecule has 0 saturated heterocycles. The molecule has 0 atom stereocenters. The van der Waals surface area contributed by atoms with Crippen LogP contribution in [0.5, 0.6) is 0 Å². The second-order valence-corrected chi connectivity index (χ2v) is 4.95. The van der Waals surface area contributed by atoms with Gasteiger partial charge in [-0.15, -0.1) is 0 Å². The van der Waals surface area contributed by atoms with E-state index in [0.29, 0.717) is 6.42 Å². The average Bonchev–Trinajstić information content (AvgIpc) is 2.42. The molecule has 1 N–H and O–H groups in total. The molecule has 0 aromatic heterocycles. The standard InChI is InChI=1S/C17H20O2.Na.H/c18-17(19)13-4-2-1-3-8-14-10-7-11-15-9-5-6-12-16(14)15;;/h5-7,9-12H,1-4,8,13H2,(H,18,19);;. The van der Waals surface area contributed by atoms with Gasteiger partial charge in [0.05, 0.1) is 0 Å². The fraction of sp³-hybridized carbons (Fsp3) is 0.353. The average molecular weight is 280 g/mol. The van der Waals surface area contributed by atoms with Crippen molar-refractivity contribution in [3.8, 4) is 0 Å². The van der Waals surface area contributed by atoms with Gasteiger partial charge < -0.3 is 5.11 Å². The summed E-state index contributed by atoms with van der Waals surface area (Å²) in [7, 11) is 0. The van der Waals surface area contributed by atoms with Crippen LogP contribution < -0.4 is 0 Å². The maximum absolute atomic E-state index is 10.4. The molecule has 3 heteroatoms. The van der Waals surface area contributed by atoms with Crippen molar-refractivity contribution < 1.29 is 9.90 Å². The summed E-state index contributed by atoms with van der Waals surface area (Å²) >= 11 is 0. The second kappa shape index (κ2) is 9.17. The van der Waals surface area contributed by atoms with Gasteiger partial charge >= 0.3 is 35.5 Å². The van der Waals surface area contributed by atoms with Crippen LogP contribution in [0.1, 0.15) is 37.7 Å². The summed E-state index contributed by atoms with van der Waals surface area (Å²) in [5, 5.41) is 11.2. The van der Waals surface area contributed by atoms with Gasteiger partial charge in [0.2, 0.25) is 0 Å².